The Morgan fingerprint density at radius 1 is 1.50 bits per heavy atom. The van der Waals surface area contributed by atoms with E-state index in [0.717, 1.165) is 25.9 Å². The van der Waals surface area contributed by atoms with Gasteiger partial charge in [-0.1, -0.05) is 0 Å². The maximum absolute atomic E-state index is 10.6. The molecule has 0 saturated carbocycles. The van der Waals surface area contributed by atoms with E-state index in [4.69, 9.17) is 5.11 Å². The fraction of sp³-hybridized carbons (Fsp3) is 0.875. The van der Waals surface area contributed by atoms with Crippen molar-refractivity contribution in [1.29, 1.82) is 0 Å². The van der Waals surface area contributed by atoms with Gasteiger partial charge in [-0.2, -0.15) is 0 Å². The van der Waals surface area contributed by atoms with Gasteiger partial charge in [0.2, 0.25) is 0 Å². The summed E-state index contributed by atoms with van der Waals surface area (Å²) < 4.78 is 0. The second-order valence-corrected chi connectivity index (χ2v) is 3.84. The van der Waals surface area contributed by atoms with Crippen LogP contribution in [-0.4, -0.2) is 36.2 Å². The first kappa shape index (κ1) is 8.01. The Kier molecular flexibility index (Phi) is 1.81. The van der Waals surface area contributed by atoms with Crippen LogP contribution in [0.2, 0.25) is 0 Å². The first-order valence-electron chi connectivity index (χ1n) is 4.40. The molecule has 2 saturated heterocycles. The van der Waals surface area contributed by atoms with Crippen LogP contribution in [0.4, 0.5) is 0 Å². The number of carboxylic acid groups (broad SMARTS) is 1. The Morgan fingerprint density at radius 2 is 2.25 bits per heavy atom. The van der Waals surface area contributed by atoms with Crippen LogP contribution in [0.5, 0.6) is 0 Å². The Hall–Kier alpha value is -0.610. The zero-order valence-electron chi connectivity index (χ0n) is 6.97. The summed E-state index contributed by atoms with van der Waals surface area (Å²) in [5, 5.41) is 15.3. The second-order valence-electron chi connectivity index (χ2n) is 3.84. The van der Waals surface area contributed by atoms with E-state index in [9.17, 15) is 4.79 Å². The Bertz CT molecular complexity index is 191. The van der Waals surface area contributed by atoms with E-state index in [1.165, 1.54) is 0 Å². The van der Waals surface area contributed by atoms with Crippen LogP contribution in [0, 0.1) is 5.92 Å². The molecule has 2 heterocycles. The van der Waals surface area contributed by atoms with Gasteiger partial charge in [-0.3, -0.25) is 4.79 Å². The summed E-state index contributed by atoms with van der Waals surface area (Å²) in [6, 6.07) is 0. The van der Waals surface area contributed by atoms with Crippen LogP contribution in [0.15, 0.2) is 0 Å². The van der Waals surface area contributed by atoms with Crippen LogP contribution in [-0.2, 0) is 4.79 Å². The van der Waals surface area contributed by atoms with Gasteiger partial charge < -0.3 is 15.7 Å². The third kappa shape index (κ3) is 1.21. The van der Waals surface area contributed by atoms with E-state index in [1.807, 2.05) is 0 Å². The van der Waals surface area contributed by atoms with Crippen molar-refractivity contribution >= 4 is 5.97 Å². The van der Waals surface area contributed by atoms with Gasteiger partial charge in [-0.25, -0.2) is 0 Å². The highest BCUT2D eigenvalue weighted by Crippen LogP contribution is 2.25. The molecule has 4 heteroatoms. The maximum Gasteiger partial charge on any atom is 0.307 e. The molecule has 1 spiro atoms. The summed E-state index contributed by atoms with van der Waals surface area (Å²) in [6.07, 6.45) is 1.82. The van der Waals surface area contributed by atoms with Crippen LogP contribution >= 0.6 is 0 Å². The molecule has 2 fully saturated rings. The van der Waals surface area contributed by atoms with E-state index in [1.54, 1.807) is 0 Å². The van der Waals surface area contributed by atoms with Gasteiger partial charge in [0.15, 0.2) is 0 Å². The van der Waals surface area contributed by atoms with Crippen LogP contribution in [0.3, 0.4) is 0 Å². The van der Waals surface area contributed by atoms with E-state index < -0.39 is 5.97 Å². The third-order valence-corrected chi connectivity index (χ3v) is 2.97. The minimum absolute atomic E-state index is 0.170. The summed E-state index contributed by atoms with van der Waals surface area (Å²) in [5.41, 5.74) is 0.242. The quantitative estimate of drug-likeness (QED) is 0.492. The minimum atomic E-state index is -0.662. The molecule has 2 rings (SSSR count). The minimum Gasteiger partial charge on any atom is -0.481 e. The van der Waals surface area contributed by atoms with E-state index in [0.29, 0.717) is 6.54 Å². The zero-order chi connectivity index (χ0) is 8.60. The average Bonchev–Trinajstić information content (AvgIpc) is 2.02. The predicted molar refractivity (Wildman–Crippen MR) is 44.0 cm³/mol. The molecular formula is C8H14N2O2. The van der Waals surface area contributed by atoms with Crippen molar-refractivity contribution in [3.05, 3.63) is 0 Å². The third-order valence-electron chi connectivity index (χ3n) is 2.97. The smallest absolute Gasteiger partial charge is 0.307 e. The first-order valence-corrected chi connectivity index (χ1v) is 4.40. The molecule has 0 aromatic rings. The molecule has 1 unspecified atom stereocenters. The monoisotopic (exact) mass is 170 g/mol. The van der Waals surface area contributed by atoms with Crippen molar-refractivity contribution in [2.75, 3.05) is 19.6 Å². The Balaban J connectivity index is 1.88. The SMILES string of the molecule is O=C(O)C1CCC2(CNC2)NC1. The van der Waals surface area contributed by atoms with Gasteiger partial charge in [0.1, 0.15) is 0 Å². The lowest BCUT2D eigenvalue weighted by molar-refractivity contribution is -0.143. The molecule has 0 amide bonds. The first-order chi connectivity index (χ1) is 5.72. The highest BCUT2D eigenvalue weighted by atomic mass is 16.4. The van der Waals surface area contributed by atoms with Gasteiger partial charge in [0.25, 0.3) is 0 Å². The normalized spacial score (nSPS) is 32.8. The van der Waals surface area contributed by atoms with E-state index in [2.05, 4.69) is 10.6 Å². The van der Waals surface area contributed by atoms with Gasteiger partial charge in [-0.15, -0.1) is 0 Å². The number of carbonyl (C=O) groups is 1. The molecule has 0 aromatic heterocycles. The predicted octanol–water partition coefficient (Wildman–Crippen LogP) is -0.587. The van der Waals surface area contributed by atoms with Crippen LogP contribution < -0.4 is 10.6 Å². The van der Waals surface area contributed by atoms with Crippen molar-refractivity contribution in [1.82, 2.24) is 10.6 Å². The maximum atomic E-state index is 10.6. The Morgan fingerprint density at radius 3 is 2.58 bits per heavy atom. The number of aliphatic carboxylic acids is 1. The number of carboxylic acids is 1. The van der Waals surface area contributed by atoms with Gasteiger partial charge >= 0.3 is 5.97 Å². The number of hydrogen-bond donors (Lipinski definition) is 3. The molecule has 2 aliphatic heterocycles. The summed E-state index contributed by atoms with van der Waals surface area (Å²) in [4.78, 5) is 10.6. The lowest BCUT2D eigenvalue weighted by atomic mass is 9.80. The second kappa shape index (κ2) is 2.71. The molecule has 0 bridgehead atoms. The summed E-state index contributed by atoms with van der Waals surface area (Å²) in [7, 11) is 0. The summed E-state index contributed by atoms with van der Waals surface area (Å²) >= 11 is 0. The van der Waals surface area contributed by atoms with Crippen molar-refractivity contribution in [2.24, 2.45) is 5.92 Å². The van der Waals surface area contributed by atoms with E-state index in [-0.39, 0.29) is 11.5 Å². The fourth-order valence-corrected chi connectivity index (χ4v) is 1.92. The largest absolute Gasteiger partial charge is 0.481 e. The number of piperidine rings is 1. The molecule has 68 valence electrons. The number of rotatable bonds is 1. The highest BCUT2D eigenvalue weighted by molar-refractivity contribution is 5.70. The van der Waals surface area contributed by atoms with Gasteiger partial charge in [0.05, 0.1) is 5.92 Å². The van der Waals surface area contributed by atoms with Crippen molar-refractivity contribution < 1.29 is 9.90 Å². The fourth-order valence-electron chi connectivity index (χ4n) is 1.92. The van der Waals surface area contributed by atoms with Gasteiger partial charge in [-0.05, 0) is 12.8 Å². The summed E-state index contributed by atoms with van der Waals surface area (Å²) in [6.45, 7) is 2.63. The molecule has 3 N–H and O–H groups in total. The zero-order valence-corrected chi connectivity index (χ0v) is 6.97. The van der Waals surface area contributed by atoms with Crippen molar-refractivity contribution in [3.63, 3.8) is 0 Å². The highest BCUT2D eigenvalue weighted by Gasteiger charge is 2.41. The number of nitrogens with one attached hydrogen (secondary N) is 2. The number of hydrogen-bond acceptors (Lipinski definition) is 3. The van der Waals surface area contributed by atoms with Crippen LogP contribution in [0.25, 0.3) is 0 Å². The molecule has 12 heavy (non-hydrogen) atoms. The van der Waals surface area contributed by atoms with Crippen molar-refractivity contribution in [2.45, 2.75) is 18.4 Å². The molecular weight excluding hydrogens is 156 g/mol. The standard InChI is InChI=1S/C8H14N2O2/c11-7(12)6-1-2-8(10-3-6)4-9-5-8/h6,9-10H,1-5H2,(H,11,12). The molecule has 0 radical (unpaired) electrons. The summed E-state index contributed by atoms with van der Waals surface area (Å²) in [5.74, 6) is -0.833. The van der Waals surface area contributed by atoms with E-state index >= 15 is 0 Å². The molecule has 1 atom stereocenters. The molecule has 0 aromatic carbocycles. The van der Waals surface area contributed by atoms with Crippen LogP contribution in [0.1, 0.15) is 12.8 Å². The van der Waals surface area contributed by atoms with Gasteiger partial charge in [0, 0.05) is 25.2 Å². The Labute approximate surface area is 71.3 Å². The lowest BCUT2D eigenvalue weighted by Gasteiger charge is -2.47. The molecule has 4 nitrogen and oxygen atoms in total. The molecule has 0 aliphatic carbocycles. The lowest BCUT2D eigenvalue weighted by Crippen LogP contribution is -2.70. The average molecular weight is 170 g/mol. The molecule has 2 aliphatic rings. The van der Waals surface area contributed by atoms with Crippen molar-refractivity contribution in [3.8, 4) is 0 Å². The topological polar surface area (TPSA) is 61.4 Å².